The molecule has 0 atom stereocenters. The molecule has 0 fully saturated rings. The highest BCUT2D eigenvalue weighted by molar-refractivity contribution is 6.35. The molecule has 1 aliphatic rings. The molecule has 0 spiro atoms. The van der Waals surface area contributed by atoms with Gasteiger partial charge < -0.3 is 0 Å². The van der Waals surface area contributed by atoms with Crippen LogP contribution in [0.4, 0.5) is 4.39 Å². The van der Waals surface area contributed by atoms with E-state index in [-0.39, 0.29) is 21.7 Å². The molecule has 0 amide bonds. The maximum atomic E-state index is 13.4. The van der Waals surface area contributed by atoms with Gasteiger partial charge in [-0.2, -0.15) is 0 Å². The van der Waals surface area contributed by atoms with Crippen LogP contribution < -0.4 is 5.56 Å². The van der Waals surface area contributed by atoms with Crippen molar-refractivity contribution in [3.63, 3.8) is 0 Å². The second-order valence-corrected chi connectivity index (χ2v) is 5.12. The summed E-state index contributed by atoms with van der Waals surface area (Å²) in [6.07, 6.45) is 0. The van der Waals surface area contributed by atoms with E-state index in [1.807, 2.05) is 0 Å². The molecule has 6 heteroatoms. The molecular weight excluding hydrogens is 295 g/mol. The Balaban J connectivity index is 2.22. The molecule has 0 N–H and O–H groups in total. The summed E-state index contributed by atoms with van der Waals surface area (Å²) in [4.78, 5) is 29.1. The zero-order valence-electron chi connectivity index (χ0n) is 10.4. The highest BCUT2D eigenvalue weighted by Crippen LogP contribution is 2.31. The summed E-state index contributed by atoms with van der Waals surface area (Å²) in [7, 11) is 0. The highest BCUT2D eigenvalue weighted by Gasteiger charge is 2.30. The maximum absolute atomic E-state index is 13.4. The van der Waals surface area contributed by atoms with E-state index >= 15 is 0 Å². The van der Waals surface area contributed by atoms with E-state index in [4.69, 9.17) is 11.6 Å². The summed E-state index contributed by atoms with van der Waals surface area (Å²) in [5, 5.41) is 0.0345. The number of aromatic nitrogens is 2. The van der Waals surface area contributed by atoms with Crippen molar-refractivity contribution in [2.75, 3.05) is 0 Å². The van der Waals surface area contributed by atoms with Crippen LogP contribution in [0.3, 0.4) is 0 Å². The molecule has 1 aliphatic heterocycles. The van der Waals surface area contributed by atoms with Gasteiger partial charge >= 0.3 is 0 Å². The molecule has 4 rings (SSSR count). The standard InChI is InChI=1S/C15H6ClFN2O2/c16-11-6-7(17)5-10-12(11)18-13-8-3-1-2-4-9(8)14(20)19(13)15(10)21/h1-6H. The fourth-order valence-electron chi connectivity index (χ4n) is 2.57. The van der Waals surface area contributed by atoms with Gasteiger partial charge in [0.05, 0.1) is 21.5 Å². The van der Waals surface area contributed by atoms with E-state index in [1.54, 1.807) is 24.3 Å². The van der Waals surface area contributed by atoms with Crippen LogP contribution in [0, 0.1) is 5.82 Å². The van der Waals surface area contributed by atoms with Gasteiger partial charge in [-0.05, 0) is 18.2 Å². The number of carbonyl (C=O) groups is 1. The van der Waals surface area contributed by atoms with Crippen LogP contribution in [-0.2, 0) is 0 Å². The van der Waals surface area contributed by atoms with Gasteiger partial charge in [-0.3, -0.25) is 9.59 Å². The summed E-state index contributed by atoms with van der Waals surface area (Å²) < 4.78 is 14.4. The Morgan fingerprint density at radius 1 is 1.10 bits per heavy atom. The molecule has 0 radical (unpaired) electrons. The van der Waals surface area contributed by atoms with Gasteiger partial charge in [-0.25, -0.2) is 13.9 Å². The predicted octanol–water partition coefficient (Wildman–Crippen LogP) is 2.86. The number of rotatable bonds is 0. The van der Waals surface area contributed by atoms with Crippen LogP contribution in [0.2, 0.25) is 5.02 Å². The van der Waals surface area contributed by atoms with E-state index in [2.05, 4.69) is 4.98 Å². The minimum Gasteiger partial charge on any atom is -0.268 e. The summed E-state index contributed by atoms with van der Waals surface area (Å²) in [6.45, 7) is 0. The SMILES string of the molecule is O=C1c2ccccc2-c2nc3c(Cl)cc(F)cc3c(=O)n21. The van der Waals surface area contributed by atoms with Crippen LogP contribution in [-0.4, -0.2) is 15.5 Å². The number of nitrogens with zero attached hydrogens (tertiary/aromatic N) is 2. The Morgan fingerprint density at radius 2 is 1.81 bits per heavy atom. The van der Waals surface area contributed by atoms with Gasteiger partial charge in [0.25, 0.3) is 11.5 Å². The first kappa shape index (κ1) is 12.2. The summed E-state index contributed by atoms with van der Waals surface area (Å²) in [5.41, 5.74) is 0.548. The summed E-state index contributed by atoms with van der Waals surface area (Å²) >= 11 is 5.96. The van der Waals surface area contributed by atoms with Crippen molar-refractivity contribution in [1.29, 1.82) is 0 Å². The lowest BCUT2D eigenvalue weighted by Crippen LogP contribution is -2.25. The zero-order chi connectivity index (χ0) is 14.7. The molecule has 1 aromatic heterocycles. The first-order valence-electron chi connectivity index (χ1n) is 6.14. The molecular formula is C15H6ClFN2O2. The topological polar surface area (TPSA) is 52.0 Å². The first-order valence-corrected chi connectivity index (χ1v) is 6.51. The maximum Gasteiger partial charge on any atom is 0.268 e. The van der Waals surface area contributed by atoms with Crippen molar-refractivity contribution in [1.82, 2.24) is 9.55 Å². The lowest BCUT2D eigenvalue weighted by atomic mass is 10.1. The number of hydrogen-bond acceptors (Lipinski definition) is 3. The second-order valence-electron chi connectivity index (χ2n) is 4.71. The third-order valence-corrected chi connectivity index (χ3v) is 3.78. The largest absolute Gasteiger partial charge is 0.268 e. The first-order chi connectivity index (χ1) is 10.1. The Kier molecular flexibility index (Phi) is 2.32. The minimum atomic E-state index is -0.644. The van der Waals surface area contributed by atoms with Crippen molar-refractivity contribution in [3.05, 3.63) is 63.2 Å². The molecule has 2 heterocycles. The molecule has 21 heavy (non-hydrogen) atoms. The number of benzene rings is 2. The van der Waals surface area contributed by atoms with Crippen molar-refractivity contribution in [2.24, 2.45) is 0 Å². The van der Waals surface area contributed by atoms with Gasteiger partial charge in [0.2, 0.25) is 0 Å². The zero-order valence-corrected chi connectivity index (χ0v) is 11.2. The van der Waals surface area contributed by atoms with Crippen molar-refractivity contribution in [2.45, 2.75) is 0 Å². The second kappa shape index (κ2) is 3.99. The molecule has 0 bridgehead atoms. The molecule has 0 aliphatic carbocycles. The fourth-order valence-corrected chi connectivity index (χ4v) is 2.82. The summed E-state index contributed by atoms with van der Waals surface area (Å²) in [6, 6.07) is 8.93. The fraction of sp³-hybridized carbons (Fsp3) is 0. The van der Waals surface area contributed by atoms with Crippen LogP contribution in [0.5, 0.6) is 0 Å². The average molecular weight is 301 g/mol. The number of carbonyl (C=O) groups excluding carboxylic acids is 1. The lowest BCUT2D eigenvalue weighted by Gasteiger charge is -2.05. The van der Waals surface area contributed by atoms with Crippen molar-refractivity contribution >= 4 is 28.4 Å². The van der Waals surface area contributed by atoms with Crippen LogP contribution in [0.1, 0.15) is 10.4 Å². The van der Waals surface area contributed by atoms with E-state index < -0.39 is 17.3 Å². The quantitative estimate of drug-likeness (QED) is 0.502. The Bertz CT molecular complexity index is 1010. The van der Waals surface area contributed by atoms with E-state index in [0.29, 0.717) is 11.1 Å². The van der Waals surface area contributed by atoms with Crippen LogP contribution in [0.25, 0.3) is 22.3 Å². The molecule has 0 unspecified atom stereocenters. The predicted molar refractivity (Wildman–Crippen MR) is 76.1 cm³/mol. The van der Waals surface area contributed by atoms with Gasteiger partial charge in [0.1, 0.15) is 5.82 Å². The lowest BCUT2D eigenvalue weighted by molar-refractivity contribution is 0.0965. The normalized spacial score (nSPS) is 12.6. The Morgan fingerprint density at radius 3 is 2.57 bits per heavy atom. The van der Waals surface area contributed by atoms with Crippen molar-refractivity contribution < 1.29 is 9.18 Å². The Labute approximate surface area is 122 Å². The number of fused-ring (bicyclic) bond motifs is 4. The molecule has 0 saturated carbocycles. The molecule has 2 aromatic carbocycles. The molecule has 4 nitrogen and oxygen atoms in total. The third-order valence-electron chi connectivity index (χ3n) is 3.49. The van der Waals surface area contributed by atoms with E-state index in [1.165, 1.54) is 0 Å². The van der Waals surface area contributed by atoms with Gasteiger partial charge in [0.15, 0.2) is 5.82 Å². The summed E-state index contributed by atoms with van der Waals surface area (Å²) in [5.74, 6) is -0.864. The van der Waals surface area contributed by atoms with E-state index in [0.717, 1.165) is 16.7 Å². The number of hydrogen-bond donors (Lipinski definition) is 0. The van der Waals surface area contributed by atoms with E-state index in [9.17, 15) is 14.0 Å². The third kappa shape index (κ3) is 1.52. The molecule has 102 valence electrons. The van der Waals surface area contributed by atoms with Crippen molar-refractivity contribution in [3.8, 4) is 11.4 Å². The smallest absolute Gasteiger partial charge is 0.268 e. The average Bonchev–Trinajstić information content (AvgIpc) is 2.75. The van der Waals surface area contributed by atoms with Crippen LogP contribution >= 0.6 is 11.6 Å². The molecule has 3 aromatic rings. The molecule has 0 saturated heterocycles. The Hall–Kier alpha value is -2.53. The number of halogens is 2. The van der Waals surface area contributed by atoms with Gasteiger partial charge in [-0.1, -0.05) is 29.8 Å². The van der Waals surface area contributed by atoms with Crippen LogP contribution in [0.15, 0.2) is 41.2 Å². The van der Waals surface area contributed by atoms with Gasteiger partial charge in [0, 0.05) is 5.56 Å². The van der Waals surface area contributed by atoms with Gasteiger partial charge in [-0.15, -0.1) is 0 Å². The highest BCUT2D eigenvalue weighted by atomic mass is 35.5. The minimum absolute atomic E-state index is 0.00935. The monoisotopic (exact) mass is 300 g/mol.